The maximum Gasteiger partial charge on any atom is 0.220 e. The highest BCUT2D eigenvalue weighted by Gasteiger charge is 2.44. The molecule has 0 radical (unpaired) electrons. The van der Waals surface area contributed by atoms with Crippen LogP contribution in [0.15, 0.2) is 72.9 Å². The molecule has 0 aliphatic carbocycles. The minimum absolute atomic E-state index is 0.227. The van der Waals surface area contributed by atoms with Crippen LogP contribution in [0.5, 0.6) is 0 Å². The summed E-state index contributed by atoms with van der Waals surface area (Å²) in [4.78, 5) is 12.9. The van der Waals surface area contributed by atoms with Crippen LogP contribution in [0.25, 0.3) is 0 Å². The molecule has 9 nitrogen and oxygen atoms in total. The largest absolute Gasteiger partial charge is 0.394 e. The van der Waals surface area contributed by atoms with Crippen molar-refractivity contribution >= 4 is 5.91 Å². The molecule has 1 amide bonds. The smallest absolute Gasteiger partial charge is 0.220 e. The second-order valence-corrected chi connectivity index (χ2v) is 15.1. The Bertz CT molecular complexity index is 1100. The van der Waals surface area contributed by atoms with Gasteiger partial charge in [0.1, 0.15) is 24.4 Å². The molecule has 1 rings (SSSR count). The van der Waals surface area contributed by atoms with Crippen molar-refractivity contribution in [3.63, 3.8) is 0 Å². The summed E-state index contributed by atoms with van der Waals surface area (Å²) in [5, 5.41) is 54.0. The van der Waals surface area contributed by atoms with E-state index < -0.39 is 49.5 Å². The fourth-order valence-corrected chi connectivity index (χ4v) is 6.40. The Kier molecular flexibility index (Phi) is 34.1. The molecule has 1 aliphatic rings. The lowest BCUT2D eigenvalue weighted by molar-refractivity contribution is -0.302. The number of hydrogen-bond acceptors (Lipinski definition) is 8. The number of aliphatic hydroxyl groups excluding tert-OH is 5. The van der Waals surface area contributed by atoms with Gasteiger partial charge in [-0.25, -0.2) is 0 Å². The molecule has 0 spiro atoms. The number of ether oxygens (including phenoxy) is 2. The Labute approximate surface area is 340 Å². The van der Waals surface area contributed by atoms with Crippen LogP contribution in [0.2, 0.25) is 0 Å². The molecule has 1 fully saturated rings. The Hall–Kier alpha value is -2.37. The van der Waals surface area contributed by atoms with Gasteiger partial charge in [-0.3, -0.25) is 4.79 Å². The van der Waals surface area contributed by atoms with Crippen molar-refractivity contribution in [3.05, 3.63) is 72.9 Å². The van der Waals surface area contributed by atoms with Gasteiger partial charge in [-0.2, -0.15) is 0 Å². The predicted molar refractivity (Wildman–Crippen MR) is 230 cm³/mol. The van der Waals surface area contributed by atoms with Gasteiger partial charge in [0.15, 0.2) is 6.29 Å². The number of nitrogens with one attached hydrogen (secondary N) is 1. The van der Waals surface area contributed by atoms with Crippen molar-refractivity contribution in [1.82, 2.24) is 5.32 Å². The van der Waals surface area contributed by atoms with E-state index in [0.717, 1.165) is 44.9 Å². The number of allylic oxidation sites excluding steroid dienone is 11. The van der Waals surface area contributed by atoms with E-state index in [1.807, 2.05) is 6.08 Å². The van der Waals surface area contributed by atoms with Crippen molar-refractivity contribution in [2.45, 2.75) is 204 Å². The maximum absolute atomic E-state index is 12.9. The zero-order valence-corrected chi connectivity index (χ0v) is 35.1. The van der Waals surface area contributed by atoms with Crippen molar-refractivity contribution < 1.29 is 39.8 Å². The molecule has 1 aliphatic heterocycles. The van der Waals surface area contributed by atoms with Gasteiger partial charge in [0.25, 0.3) is 0 Å². The molecule has 0 aromatic carbocycles. The van der Waals surface area contributed by atoms with Gasteiger partial charge in [0.05, 0.1) is 25.4 Å². The van der Waals surface area contributed by atoms with Crippen LogP contribution in [-0.4, -0.2) is 87.5 Å². The number of aliphatic hydroxyl groups is 5. The van der Waals surface area contributed by atoms with E-state index in [2.05, 4.69) is 79.9 Å². The van der Waals surface area contributed by atoms with Gasteiger partial charge >= 0.3 is 0 Å². The minimum Gasteiger partial charge on any atom is -0.394 e. The Morgan fingerprint density at radius 1 is 0.607 bits per heavy atom. The highest BCUT2D eigenvalue weighted by Crippen LogP contribution is 2.22. The highest BCUT2D eigenvalue weighted by molar-refractivity contribution is 5.76. The van der Waals surface area contributed by atoms with Gasteiger partial charge in [-0.1, -0.05) is 157 Å². The van der Waals surface area contributed by atoms with Crippen LogP contribution in [0.1, 0.15) is 162 Å². The SMILES string of the molecule is CCCCCCCC/C=C/CC/C=C/[C@@H](O)[C@H](CO[C@H]1O[C@@H](CO)[C@H](O)C(O)C1O)NC(=O)CCC/C=C/C/C=C/C/C=C/C/C=C/CCCCCCCCC. The zero-order valence-electron chi connectivity index (χ0n) is 35.1. The first-order valence-electron chi connectivity index (χ1n) is 22.2. The van der Waals surface area contributed by atoms with E-state index >= 15 is 0 Å². The topological polar surface area (TPSA) is 149 Å². The first kappa shape index (κ1) is 51.6. The zero-order chi connectivity index (χ0) is 40.9. The molecule has 7 atom stereocenters. The summed E-state index contributed by atoms with van der Waals surface area (Å²) in [5.41, 5.74) is 0. The number of rotatable bonds is 35. The summed E-state index contributed by atoms with van der Waals surface area (Å²) in [6.07, 6.45) is 42.4. The van der Waals surface area contributed by atoms with Gasteiger partial charge in [-0.05, 0) is 70.6 Å². The molecule has 6 N–H and O–H groups in total. The lowest BCUT2D eigenvalue weighted by Crippen LogP contribution is -2.60. The maximum atomic E-state index is 12.9. The summed E-state index contributed by atoms with van der Waals surface area (Å²) in [6, 6.07) is -0.852. The van der Waals surface area contributed by atoms with E-state index in [4.69, 9.17) is 9.47 Å². The molecular weight excluding hydrogens is 707 g/mol. The number of carbonyl (C=O) groups excluding carboxylic acids is 1. The van der Waals surface area contributed by atoms with E-state index in [-0.39, 0.29) is 18.9 Å². The number of hydrogen-bond donors (Lipinski definition) is 6. The minimum atomic E-state index is -1.58. The fraction of sp³-hybridized carbons (Fsp3) is 0.723. The third-order valence-electron chi connectivity index (χ3n) is 10.0. The summed E-state index contributed by atoms with van der Waals surface area (Å²) in [6.45, 7) is 3.68. The van der Waals surface area contributed by atoms with Crippen molar-refractivity contribution in [3.8, 4) is 0 Å². The molecule has 0 aromatic heterocycles. The normalized spacial score (nSPS) is 21.9. The van der Waals surface area contributed by atoms with Crippen LogP contribution in [-0.2, 0) is 14.3 Å². The van der Waals surface area contributed by atoms with Gasteiger partial charge in [-0.15, -0.1) is 0 Å². The molecule has 1 heterocycles. The second kappa shape index (κ2) is 36.9. The van der Waals surface area contributed by atoms with Crippen LogP contribution >= 0.6 is 0 Å². The first-order valence-corrected chi connectivity index (χ1v) is 22.2. The average Bonchev–Trinajstić information content (AvgIpc) is 3.20. The molecule has 322 valence electrons. The van der Waals surface area contributed by atoms with Crippen LogP contribution in [0.3, 0.4) is 0 Å². The summed E-state index contributed by atoms with van der Waals surface area (Å²) >= 11 is 0. The Morgan fingerprint density at radius 2 is 1.07 bits per heavy atom. The van der Waals surface area contributed by atoms with E-state index in [0.29, 0.717) is 6.42 Å². The van der Waals surface area contributed by atoms with Gasteiger partial charge < -0.3 is 40.3 Å². The molecule has 1 saturated heterocycles. The quantitative estimate of drug-likeness (QED) is 0.0276. The van der Waals surface area contributed by atoms with E-state index in [9.17, 15) is 30.3 Å². The molecule has 0 aromatic rings. The average molecular weight is 788 g/mol. The molecule has 2 unspecified atom stereocenters. The molecule has 0 bridgehead atoms. The summed E-state index contributed by atoms with van der Waals surface area (Å²) in [7, 11) is 0. The second-order valence-electron chi connectivity index (χ2n) is 15.1. The highest BCUT2D eigenvalue weighted by atomic mass is 16.7. The lowest BCUT2D eigenvalue weighted by Gasteiger charge is -2.40. The summed E-state index contributed by atoms with van der Waals surface area (Å²) < 4.78 is 11.1. The van der Waals surface area contributed by atoms with Crippen LogP contribution in [0, 0.1) is 0 Å². The van der Waals surface area contributed by atoms with Crippen molar-refractivity contribution in [2.24, 2.45) is 0 Å². The van der Waals surface area contributed by atoms with Crippen LogP contribution in [0.4, 0.5) is 0 Å². The van der Waals surface area contributed by atoms with E-state index in [1.165, 1.54) is 89.9 Å². The van der Waals surface area contributed by atoms with Gasteiger partial charge in [0.2, 0.25) is 5.91 Å². The number of amides is 1. The van der Waals surface area contributed by atoms with Gasteiger partial charge in [0, 0.05) is 6.42 Å². The first-order chi connectivity index (χ1) is 27.3. The monoisotopic (exact) mass is 788 g/mol. The van der Waals surface area contributed by atoms with Crippen molar-refractivity contribution in [1.29, 1.82) is 0 Å². The summed E-state index contributed by atoms with van der Waals surface area (Å²) in [5.74, 6) is -0.245. The van der Waals surface area contributed by atoms with E-state index in [1.54, 1.807) is 6.08 Å². The van der Waals surface area contributed by atoms with Crippen molar-refractivity contribution in [2.75, 3.05) is 13.2 Å². The molecule has 0 saturated carbocycles. The lowest BCUT2D eigenvalue weighted by atomic mass is 9.99. The standard InChI is InChI=1S/C47H81NO8/c1-3-5-7-9-11-13-15-17-18-19-20-21-22-23-24-25-27-29-31-33-35-37-43(51)48-40(39-55-47-46(54)45(53)44(52)42(38-49)56-47)41(50)36-34-32-30-28-26-16-14-12-10-8-6-4-2/h18-19,21-22,24-26,28-29,31,34,36,40-42,44-47,49-50,52-54H,3-17,20,23,27,30,32-33,35,37-39H2,1-2H3,(H,48,51)/b19-18+,22-21+,25-24+,28-26+,31-29+,36-34+/t40-,41+,42-,44-,45?,46?,47-/m0/s1. The Morgan fingerprint density at radius 3 is 1.62 bits per heavy atom. The molecule has 9 heteroatoms. The fourth-order valence-electron chi connectivity index (χ4n) is 6.40. The molecule has 56 heavy (non-hydrogen) atoms. The predicted octanol–water partition coefficient (Wildman–Crippen LogP) is 9.00. The third-order valence-corrected chi connectivity index (χ3v) is 10.0. The third kappa shape index (κ3) is 27.3. The molecular formula is C47H81NO8. The number of carbonyl (C=O) groups is 1. The Balaban J connectivity index is 2.43. The number of unbranched alkanes of at least 4 members (excludes halogenated alkanes) is 15. The van der Waals surface area contributed by atoms with Crippen LogP contribution < -0.4 is 5.32 Å².